The van der Waals surface area contributed by atoms with Crippen molar-refractivity contribution in [1.82, 2.24) is 9.97 Å². The van der Waals surface area contributed by atoms with Crippen molar-refractivity contribution in [2.45, 2.75) is 6.92 Å². The van der Waals surface area contributed by atoms with Crippen molar-refractivity contribution in [2.75, 3.05) is 14.2 Å². The summed E-state index contributed by atoms with van der Waals surface area (Å²) in [4.78, 5) is 9.54. The van der Waals surface area contributed by atoms with Gasteiger partial charge in [-0.2, -0.15) is 9.97 Å². The maximum absolute atomic E-state index is 5.20. The summed E-state index contributed by atoms with van der Waals surface area (Å²) in [5, 5.41) is 0. The highest BCUT2D eigenvalue weighted by atomic mass is 79.9. The molecule has 0 fully saturated rings. The number of rotatable bonds is 2. The van der Waals surface area contributed by atoms with E-state index in [1.807, 2.05) is 6.92 Å². The number of hydrogen-bond donors (Lipinski definition) is 0. The zero-order valence-corrected chi connectivity index (χ0v) is 10.9. The summed E-state index contributed by atoms with van der Waals surface area (Å²) >= 11 is 5.08. The Morgan fingerprint density at radius 2 is 1.93 bits per heavy atom. The lowest BCUT2D eigenvalue weighted by Gasteiger charge is -2.02. The summed E-state index contributed by atoms with van der Waals surface area (Å²) in [6.07, 6.45) is 0. The molecular weight excluding hydrogens is 280 g/mol. The van der Waals surface area contributed by atoms with E-state index in [1.165, 1.54) is 7.11 Å². The Hall–Kier alpha value is -0.880. The molecule has 0 aliphatic heterocycles. The fourth-order valence-corrected chi connectivity index (χ4v) is 2.86. The third-order valence-corrected chi connectivity index (χ3v) is 4.28. The predicted octanol–water partition coefficient (Wildman–Crippen LogP) is 2.78. The molecule has 4 nitrogen and oxygen atoms in total. The molecule has 2 rings (SSSR count). The van der Waals surface area contributed by atoms with Crippen molar-refractivity contribution < 1.29 is 9.47 Å². The molecular formula is C9H9BrN2O2S. The molecule has 2 aromatic heterocycles. The minimum Gasteiger partial charge on any atom is -0.480 e. The molecule has 0 aromatic carbocycles. The van der Waals surface area contributed by atoms with Gasteiger partial charge in [-0.1, -0.05) is 0 Å². The quantitative estimate of drug-likeness (QED) is 0.852. The SMILES string of the molecule is COc1nc(OC)c2sc(C)c(Br)c2n1. The Morgan fingerprint density at radius 3 is 2.53 bits per heavy atom. The molecule has 0 amide bonds. The summed E-state index contributed by atoms with van der Waals surface area (Å²) in [6.45, 7) is 2.02. The van der Waals surface area contributed by atoms with E-state index in [-0.39, 0.29) is 0 Å². The van der Waals surface area contributed by atoms with Gasteiger partial charge in [0.05, 0.1) is 18.7 Å². The van der Waals surface area contributed by atoms with E-state index >= 15 is 0 Å². The molecule has 0 aliphatic carbocycles. The van der Waals surface area contributed by atoms with Crippen molar-refractivity contribution in [3.05, 3.63) is 9.35 Å². The molecule has 0 unspecified atom stereocenters. The number of fused-ring (bicyclic) bond motifs is 1. The minimum absolute atomic E-state index is 0.317. The van der Waals surface area contributed by atoms with E-state index < -0.39 is 0 Å². The lowest BCUT2D eigenvalue weighted by Crippen LogP contribution is -1.95. The number of methoxy groups -OCH3 is 2. The lowest BCUT2D eigenvalue weighted by molar-refractivity contribution is 0.357. The van der Waals surface area contributed by atoms with Crippen LogP contribution in [0.15, 0.2) is 4.47 Å². The highest BCUT2D eigenvalue weighted by molar-refractivity contribution is 9.10. The first kappa shape index (κ1) is 10.6. The maximum atomic E-state index is 5.20. The minimum atomic E-state index is 0.317. The van der Waals surface area contributed by atoms with E-state index in [1.54, 1.807) is 18.4 Å². The Labute approximate surface area is 99.4 Å². The van der Waals surface area contributed by atoms with Gasteiger partial charge in [0.1, 0.15) is 10.2 Å². The van der Waals surface area contributed by atoms with E-state index in [0.29, 0.717) is 11.9 Å². The smallest absolute Gasteiger partial charge is 0.320 e. The molecule has 0 N–H and O–H groups in total. The molecule has 0 saturated heterocycles. The van der Waals surface area contributed by atoms with Crippen LogP contribution in [-0.4, -0.2) is 24.2 Å². The van der Waals surface area contributed by atoms with Gasteiger partial charge < -0.3 is 9.47 Å². The monoisotopic (exact) mass is 288 g/mol. The summed E-state index contributed by atoms with van der Waals surface area (Å²) in [5.74, 6) is 0.552. The van der Waals surface area contributed by atoms with Gasteiger partial charge in [-0.25, -0.2) is 0 Å². The lowest BCUT2D eigenvalue weighted by atomic mass is 10.4. The Balaban J connectivity index is 2.80. The average molecular weight is 289 g/mol. The molecule has 15 heavy (non-hydrogen) atoms. The van der Waals surface area contributed by atoms with Gasteiger partial charge in [0.25, 0.3) is 0 Å². The molecule has 0 spiro atoms. The molecule has 80 valence electrons. The third kappa shape index (κ3) is 1.68. The van der Waals surface area contributed by atoms with Crippen LogP contribution in [0.3, 0.4) is 0 Å². The molecule has 0 atom stereocenters. The molecule has 0 bridgehead atoms. The van der Waals surface area contributed by atoms with Gasteiger partial charge in [0.15, 0.2) is 0 Å². The fraction of sp³-hybridized carbons (Fsp3) is 0.333. The number of aromatic nitrogens is 2. The summed E-state index contributed by atoms with van der Waals surface area (Å²) in [5.41, 5.74) is 0.834. The first-order chi connectivity index (χ1) is 7.17. The van der Waals surface area contributed by atoms with Crippen LogP contribution in [0.4, 0.5) is 0 Å². The topological polar surface area (TPSA) is 44.2 Å². The summed E-state index contributed by atoms with van der Waals surface area (Å²) in [7, 11) is 3.12. The van der Waals surface area contributed by atoms with Gasteiger partial charge in [0.2, 0.25) is 5.88 Å². The van der Waals surface area contributed by atoms with Crippen molar-refractivity contribution in [3.8, 4) is 11.9 Å². The normalized spacial score (nSPS) is 10.7. The fourth-order valence-electron chi connectivity index (χ4n) is 1.25. The van der Waals surface area contributed by atoms with Crippen LogP contribution in [0.5, 0.6) is 11.9 Å². The van der Waals surface area contributed by atoms with Crippen molar-refractivity contribution in [2.24, 2.45) is 0 Å². The van der Waals surface area contributed by atoms with Crippen LogP contribution >= 0.6 is 27.3 Å². The van der Waals surface area contributed by atoms with Crippen molar-refractivity contribution in [1.29, 1.82) is 0 Å². The molecule has 6 heteroatoms. The Kier molecular flexibility index (Phi) is 2.79. The average Bonchev–Trinajstić information content (AvgIpc) is 2.54. The number of nitrogens with zero attached hydrogens (tertiary/aromatic N) is 2. The van der Waals surface area contributed by atoms with Crippen LogP contribution < -0.4 is 9.47 Å². The number of hydrogen-bond acceptors (Lipinski definition) is 5. The second-order valence-corrected chi connectivity index (χ2v) is 4.89. The molecule has 2 aromatic rings. The van der Waals surface area contributed by atoms with Crippen LogP contribution in [0.25, 0.3) is 10.2 Å². The van der Waals surface area contributed by atoms with Crippen molar-refractivity contribution >= 4 is 37.5 Å². The van der Waals surface area contributed by atoms with Crippen LogP contribution in [0.2, 0.25) is 0 Å². The van der Waals surface area contributed by atoms with Gasteiger partial charge in [0, 0.05) is 4.88 Å². The number of ether oxygens (including phenoxy) is 2. The first-order valence-electron chi connectivity index (χ1n) is 4.22. The predicted molar refractivity (Wildman–Crippen MR) is 63.0 cm³/mol. The standard InChI is InChI=1S/C9H9BrN2O2S/c1-4-5(10)6-7(15-4)8(13-2)12-9(11-6)14-3/h1-3H3. The van der Waals surface area contributed by atoms with Crippen LogP contribution in [0, 0.1) is 6.92 Å². The second-order valence-electron chi connectivity index (χ2n) is 2.87. The van der Waals surface area contributed by atoms with E-state index in [4.69, 9.17) is 9.47 Å². The molecule has 0 aliphatic rings. The van der Waals surface area contributed by atoms with Crippen LogP contribution in [0.1, 0.15) is 4.88 Å². The van der Waals surface area contributed by atoms with Gasteiger partial charge in [-0.05, 0) is 22.9 Å². The number of thiophene rings is 1. The highest BCUT2D eigenvalue weighted by Crippen LogP contribution is 2.38. The summed E-state index contributed by atoms with van der Waals surface area (Å²) in [6, 6.07) is 0.317. The Morgan fingerprint density at radius 1 is 1.20 bits per heavy atom. The zero-order valence-electron chi connectivity index (χ0n) is 8.50. The zero-order chi connectivity index (χ0) is 11.0. The Bertz CT molecular complexity index is 512. The van der Waals surface area contributed by atoms with E-state index in [0.717, 1.165) is 19.6 Å². The number of halogens is 1. The molecule has 2 heterocycles. The highest BCUT2D eigenvalue weighted by Gasteiger charge is 2.15. The largest absolute Gasteiger partial charge is 0.480 e. The third-order valence-electron chi connectivity index (χ3n) is 1.96. The van der Waals surface area contributed by atoms with Crippen molar-refractivity contribution in [3.63, 3.8) is 0 Å². The van der Waals surface area contributed by atoms with E-state index in [2.05, 4.69) is 25.9 Å². The van der Waals surface area contributed by atoms with Crippen LogP contribution in [-0.2, 0) is 0 Å². The van der Waals surface area contributed by atoms with Gasteiger partial charge in [-0.15, -0.1) is 11.3 Å². The number of aryl methyl sites for hydroxylation is 1. The summed E-state index contributed by atoms with van der Waals surface area (Å²) < 4.78 is 12.1. The molecule has 0 saturated carbocycles. The van der Waals surface area contributed by atoms with E-state index in [9.17, 15) is 0 Å². The van der Waals surface area contributed by atoms with Gasteiger partial charge in [-0.3, -0.25) is 0 Å². The first-order valence-corrected chi connectivity index (χ1v) is 5.83. The second kappa shape index (κ2) is 3.94. The van der Waals surface area contributed by atoms with Gasteiger partial charge >= 0.3 is 6.01 Å². The maximum Gasteiger partial charge on any atom is 0.320 e. The molecule has 0 radical (unpaired) electrons.